The molecule has 0 aromatic heterocycles. The van der Waals surface area contributed by atoms with Gasteiger partial charge in [0.25, 0.3) is 0 Å². The maximum atomic E-state index is 10.3. The van der Waals surface area contributed by atoms with Crippen LogP contribution in [0.2, 0.25) is 0 Å². The van der Waals surface area contributed by atoms with E-state index in [1.807, 2.05) is 50.3 Å². The van der Waals surface area contributed by atoms with Gasteiger partial charge in [0.15, 0.2) is 0 Å². The summed E-state index contributed by atoms with van der Waals surface area (Å²) >= 11 is 0. The Kier molecular flexibility index (Phi) is 2.68. The molecule has 0 amide bonds. The van der Waals surface area contributed by atoms with Crippen molar-refractivity contribution < 1.29 is 14.6 Å². The van der Waals surface area contributed by atoms with Crippen LogP contribution in [0.3, 0.4) is 0 Å². The summed E-state index contributed by atoms with van der Waals surface area (Å²) in [6.07, 6.45) is 3.02. The lowest BCUT2D eigenvalue weighted by Crippen LogP contribution is -2.62. The van der Waals surface area contributed by atoms with E-state index in [9.17, 15) is 5.11 Å². The third-order valence-electron chi connectivity index (χ3n) is 3.81. The monoisotopic (exact) mass is 246 g/mol. The zero-order valence-electron chi connectivity index (χ0n) is 10.6. The highest BCUT2D eigenvalue weighted by molar-refractivity contribution is 5.26. The van der Waals surface area contributed by atoms with Gasteiger partial charge >= 0.3 is 0 Å². The van der Waals surface area contributed by atoms with Gasteiger partial charge < -0.3 is 14.6 Å². The first-order chi connectivity index (χ1) is 8.65. The first-order valence-electron chi connectivity index (χ1n) is 6.40. The molecule has 3 heteroatoms. The van der Waals surface area contributed by atoms with E-state index in [1.54, 1.807) is 6.26 Å². The van der Waals surface area contributed by atoms with Crippen molar-refractivity contribution in [3.8, 4) is 0 Å². The largest absolute Gasteiger partial charge is 0.467 e. The van der Waals surface area contributed by atoms with Gasteiger partial charge in [0.1, 0.15) is 6.10 Å². The summed E-state index contributed by atoms with van der Waals surface area (Å²) in [5, 5.41) is 10.3. The summed E-state index contributed by atoms with van der Waals surface area (Å²) in [5.41, 5.74) is 1.13. The topological polar surface area (TPSA) is 38.7 Å². The van der Waals surface area contributed by atoms with E-state index in [1.165, 1.54) is 0 Å². The zero-order chi connectivity index (χ0) is 12.8. The van der Waals surface area contributed by atoms with Gasteiger partial charge in [-0.05, 0) is 17.6 Å². The molecule has 1 saturated heterocycles. The summed E-state index contributed by atoms with van der Waals surface area (Å²) in [6.45, 7) is 3.94. The highest BCUT2D eigenvalue weighted by Crippen LogP contribution is 2.55. The molecule has 0 saturated carbocycles. The summed E-state index contributed by atoms with van der Waals surface area (Å²) in [5.74, 6) is -0.671. The second-order valence-electron chi connectivity index (χ2n) is 5.33. The molecule has 3 nitrogen and oxygen atoms in total. The van der Waals surface area contributed by atoms with E-state index in [-0.39, 0.29) is 17.9 Å². The minimum Gasteiger partial charge on any atom is -0.467 e. The van der Waals surface area contributed by atoms with Gasteiger partial charge in [-0.15, -0.1) is 0 Å². The normalized spacial score (nSPS) is 34.9. The Morgan fingerprint density at radius 3 is 2.61 bits per heavy atom. The molecule has 18 heavy (non-hydrogen) atoms. The van der Waals surface area contributed by atoms with Gasteiger partial charge in [-0.1, -0.05) is 44.2 Å². The van der Waals surface area contributed by atoms with Crippen molar-refractivity contribution >= 4 is 0 Å². The second kappa shape index (κ2) is 4.11. The fourth-order valence-electron chi connectivity index (χ4n) is 2.78. The van der Waals surface area contributed by atoms with Crippen LogP contribution in [0, 0.1) is 11.8 Å². The maximum absolute atomic E-state index is 10.3. The van der Waals surface area contributed by atoms with Gasteiger partial charge in [0.05, 0.1) is 18.3 Å². The smallest absolute Gasteiger partial charge is 0.245 e. The number of ether oxygens (including phenoxy) is 2. The van der Waals surface area contributed by atoms with Crippen LogP contribution in [0.4, 0.5) is 0 Å². The molecule has 0 spiro atoms. The summed E-state index contributed by atoms with van der Waals surface area (Å²) in [7, 11) is 0. The van der Waals surface area contributed by atoms with Crippen molar-refractivity contribution in [2.75, 3.05) is 0 Å². The van der Waals surface area contributed by atoms with Crippen LogP contribution < -0.4 is 0 Å². The van der Waals surface area contributed by atoms with E-state index in [4.69, 9.17) is 9.47 Å². The summed E-state index contributed by atoms with van der Waals surface area (Å²) < 4.78 is 11.5. The van der Waals surface area contributed by atoms with Crippen LogP contribution >= 0.6 is 0 Å². The number of aliphatic hydroxyl groups is 1. The number of fused-ring (bicyclic) bond motifs is 1. The van der Waals surface area contributed by atoms with E-state index in [2.05, 4.69) is 0 Å². The van der Waals surface area contributed by atoms with Crippen molar-refractivity contribution in [1.82, 2.24) is 0 Å². The lowest BCUT2D eigenvalue weighted by Gasteiger charge is -2.52. The van der Waals surface area contributed by atoms with Crippen LogP contribution in [0.15, 0.2) is 42.7 Å². The molecule has 96 valence electrons. The van der Waals surface area contributed by atoms with Gasteiger partial charge in [-0.2, -0.15) is 0 Å². The van der Waals surface area contributed by atoms with Crippen LogP contribution in [0.5, 0.6) is 0 Å². The number of hydrogen-bond acceptors (Lipinski definition) is 3. The molecule has 3 rings (SSSR count). The van der Waals surface area contributed by atoms with Crippen LogP contribution in [0.25, 0.3) is 0 Å². The Balaban J connectivity index is 1.84. The molecular formula is C15H18O3. The average molecular weight is 246 g/mol. The minimum absolute atomic E-state index is 0.0154. The zero-order valence-corrected chi connectivity index (χ0v) is 10.6. The molecule has 1 N–H and O–H groups in total. The van der Waals surface area contributed by atoms with Gasteiger partial charge in [-0.25, -0.2) is 0 Å². The average Bonchev–Trinajstić information content (AvgIpc) is 2.68. The van der Waals surface area contributed by atoms with Crippen molar-refractivity contribution in [1.29, 1.82) is 0 Å². The molecule has 2 aliphatic heterocycles. The lowest BCUT2D eigenvalue weighted by atomic mass is 9.77. The van der Waals surface area contributed by atoms with Crippen molar-refractivity contribution in [3.05, 3.63) is 48.2 Å². The van der Waals surface area contributed by atoms with Gasteiger partial charge in [-0.3, -0.25) is 0 Å². The van der Waals surface area contributed by atoms with Crippen LogP contribution in [-0.2, 0) is 9.47 Å². The molecule has 0 bridgehead atoms. The number of hydrogen-bond donors (Lipinski definition) is 1. The summed E-state index contributed by atoms with van der Waals surface area (Å²) in [4.78, 5) is 0. The van der Waals surface area contributed by atoms with Gasteiger partial charge in [0, 0.05) is 0 Å². The van der Waals surface area contributed by atoms with E-state index in [0.29, 0.717) is 0 Å². The molecular weight excluding hydrogens is 228 g/mol. The SMILES string of the molecule is CC(C)[C@@H](O)[C@@]12OC=C[C@@H]1[C@H](c1ccccc1)O2. The Labute approximate surface area is 107 Å². The van der Waals surface area contributed by atoms with Crippen molar-refractivity contribution in [3.63, 3.8) is 0 Å². The molecule has 0 unspecified atom stereocenters. The predicted octanol–water partition coefficient (Wildman–Crippen LogP) is 2.63. The highest BCUT2D eigenvalue weighted by atomic mass is 16.7. The molecule has 2 aliphatic rings. The first kappa shape index (κ1) is 11.8. The Morgan fingerprint density at radius 1 is 1.22 bits per heavy atom. The van der Waals surface area contributed by atoms with E-state index < -0.39 is 11.9 Å². The Morgan fingerprint density at radius 2 is 1.94 bits per heavy atom. The second-order valence-corrected chi connectivity index (χ2v) is 5.33. The molecule has 1 aromatic carbocycles. The highest BCUT2D eigenvalue weighted by Gasteiger charge is 2.63. The van der Waals surface area contributed by atoms with Crippen LogP contribution in [0.1, 0.15) is 25.5 Å². The summed E-state index contributed by atoms with van der Waals surface area (Å²) in [6, 6.07) is 10.1. The fourth-order valence-corrected chi connectivity index (χ4v) is 2.78. The standard InChI is InChI=1S/C15H18O3/c1-10(2)14(16)15-12(8-9-17-15)13(18-15)11-6-4-3-5-7-11/h3-10,12-14,16H,1-2H3/t12-,13+,14-,15-/m1/s1. The number of aliphatic hydroxyl groups excluding tert-OH is 1. The fraction of sp³-hybridized carbons (Fsp3) is 0.467. The predicted molar refractivity (Wildman–Crippen MR) is 67.6 cm³/mol. The number of benzene rings is 1. The maximum Gasteiger partial charge on any atom is 0.245 e. The van der Waals surface area contributed by atoms with E-state index >= 15 is 0 Å². The third kappa shape index (κ3) is 1.51. The van der Waals surface area contributed by atoms with Crippen LogP contribution in [-0.4, -0.2) is 17.0 Å². The molecule has 2 heterocycles. The Bertz CT molecular complexity index is 454. The molecule has 4 atom stereocenters. The minimum atomic E-state index is -0.866. The molecule has 0 radical (unpaired) electrons. The number of rotatable bonds is 3. The quantitative estimate of drug-likeness (QED) is 0.891. The first-order valence-corrected chi connectivity index (χ1v) is 6.40. The van der Waals surface area contributed by atoms with Gasteiger partial charge in [0.2, 0.25) is 5.79 Å². The molecule has 1 aromatic rings. The molecule has 0 aliphatic carbocycles. The third-order valence-corrected chi connectivity index (χ3v) is 3.81. The molecule has 1 fully saturated rings. The van der Waals surface area contributed by atoms with Crippen molar-refractivity contribution in [2.24, 2.45) is 11.8 Å². The lowest BCUT2D eigenvalue weighted by molar-refractivity contribution is -0.383. The Hall–Kier alpha value is -1.32. The van der Waals surface area contributed by atoms with E-state index in [0.717, 1.165) is 5.56 Å². The van der Waals surface area contributed by atoms with Crippen molar-refractivity contribution in [2.45, 2.75) is 31.8 Å².